The van der Waals surface area contributed by atoms with Gasteiger partial charge >= 0.3 is 0 Å². The lowest BCUT2D eigenvalue weighted by molar-refractivity contribution is 0.0879. The van der Waals surface area contributed by atoms with E-state index in [0.717, 1.165) is 6.54 Å². The van der Waals surface area contributed by atoms with Crippen LogP contribution in [0.4, 0.5) is 0 Å². The molecule has 0 saturated heterocycles. The van der Waals surface area contributed by atoms with E-state index in [1.807, 2.05) is 25.1 Å². The van der Waals surface area contributed by atoms with Crippen LogP contribution in [0.1, 0.15) is 12.5 Å². The third-order valence-electron chi connectivity index (χ3n) is 1.79. The van der Waals surface area contributed by atoms with Crippen LogP contribution in [0.5, 0.6) is 0 Å². The van der Waals surface area contributed by atoms with Gasteiger partial charge < -0.3 is 4.74 Å². The van der Waals surface area contributed by atoms with Crippen molar-refractivity contribution in [1.82, 2.24) is 5.32 Å². The maximum Gasteiger partial charge on any atom is 0.105 e. The van der Waals surface area contributed by atoms with Crippen LogP contribution < -0.4 is 5.32 Å². The predicted molar refractivity (Wildman–Crippen MR) is 49.8 cm³/mol. The summed E-state index contributed by atoms with van der Waals surface area (Å²) < 4.78 is 5.06. The van der Waals surface area contributed by atoms with Gasteiger partial charge in [0.2, 0.25) is 0 Å². The van der Waals surface area contributed by atoms with E-state index < -0.39 is 0 Å². The Bertz CT molecular complexity index is 210. The van der Waals surface area contributed by atoms with Gasteiger partial charge in [-0.3, -0.25) is 5.32 Å². The molecule has 1 unspecified atom stereocenters. The van der Waals surface area contributed by atoms with E-state index in [2.05, 4.69) is 17.4 Å². The summed E-state index contributed by atoms with van der Waals surface area (Å²) in [5.74, 6) is 0. The molecule has 2 heteroatoms. The monoisotopic (exact) mass is 165 g/mol. The minimum atomic E-state index is 0.116. The largest absolute Gasteiger partial charge is 0.367 e. The first kappa shape index (κ1) is 9.23. The van der Waals surface area contributed by atoms with E-state index in [-0.39, 0.29) is 6.23 Å². The topological polar surface area (TPSA) is 21.3 Å². The number of rotatable bonds is 4. The number of nitrogens with one attached hydrogen (secondary N) is 1. The van der Waals surface area contributed by atoms with Crippen molar-refractivity contribution in [3.63, 3.8) is 0 Å². The fourth-order valence-electron chi connectivity index (χ4n) is 0.941. The third kappa shape index (κ3) is 3.03. The minimum Gasteiger partial charge on any atom is -0.367 e. The highest BCUT2D eigenvalue weighted by Gasteiger charge is 1.96. The molecule has 66 valence electrons. The first-order chi connectivity index (χ1) is 5.83. The van der Waals surface area contributed by atoms with Crippen molar-refractivity contribution in [2.75, 3.05) is 7.11 Å². The number of benzene rings is 1. The molecule has 0 bridgehead atoms. The van der Waals surface area contributed by atoms with E-state index in [1.165, 1.54) is 5.56 Å². The molecule has 1 aromatic carbocycles. The molecule has 0 aliphatic heterocycles. The SMILES string of the molecule is COC(C)NCc1ccccc1. The van der Waals surface area contributed by atoms with Crippen LogP contribution in [0, 0.1) is 0 Å². The average molecular weight is 165 g/mol. The third-order valence-corrected chi connectivity index (χ3v) is 1.79. The molecule has 0 aromatic heterocycles. The van der Waals surface area contributed by atoms with Gasteiger partial charge in [-0.05, 0) is 12.5 Å². The summed E-state index contributed by atoms with van der Waals surface area (Å²) in [6.07, 6.45) is 0.116. The van der Waals surface area contributed by atoms with Crippen LogP contribution in [0.25, 0.3) is 0 Å². The van der Waals surface area contributed by atoms with Crippen LogP contribution in [0.2, 0.25) is 0 Å². The Morgan fingerprint density at radius 3 is 2.58 bits per heavy atom. The summed E-state index contributed by atoms with van der Waals surface area (Å²) in [5, 5.41) is 3.23. The molecule has 2 nitrogen and oxygen atoms in total. The molecule has 0 amide bonds. The highest BCUT2D eigenvalue weighted by Crippen LogP contribution is 1.97. The van der Waals surface area contributed by atoms with Gasteiger partial charge in [0.1, 0.15) is 6.23 Å². The normalized spacial score (nSPS) is 12.8. The number of hydrogen-bond acceptors (Lipinski definition) is 2. The summed E-state index contributed by atoms with van der Waals surface area (Å²) in [5.41, 5.74) is 1.28. The van der Waals surface area contributed by atoms with E-state index >= 15 is 0 Å². The van der Waals surface area contributed by atoms with Gasteiger partial charge in [-0.2, -0.15) is 0 Å². The zero-order valence-corrected chi connectivity index (χ0v) is 7.58. The molecular formula is C10H15NO. The zero-order valence-electron chi connectivity index (χ0n) is 7.58. The average Bonchev–Trinajstić information content (AvgIpc) is 2.16. The van der Waals surface area contributed by atoms with Crippen molar-refractivity contribution in [2.24, 2.45) is 0 Å². The molecule has 1 N–H and O–H groups in total. The Morgan fingerprint density at radius 1 is 1.33 bits per heavy atom. The van der Waals surface area contributed by atoms with E-state index in [9.17, 15) is 0 Å². The molecule has 0 aliphatic rings. The molecular weight excluding hydrogens is 150 g/mol. The van der Waals surface area contributed by atoms with E-state index in [0.29, 0.717) is 0 Å². The molecule has 0 aliphatic carbocycles. The van der Waals surface area contributed by atoms with Crippen molar-refractivity contribution in [3.8, 4) is 0 Å². The lowest BCUT2D eigenvalue weighted by Crippen LogP contribution is -2.26. The molecule has 0 saturated carbocycles. The summed E-state index contributed by atoms with van der Waals surface area (Å²) in [6.45, 7) is 2.85. The van der Waals surface area contributed by atoms with Crippen LogP contribution in [-0.4, -0.2) is 13.3 Å². The van der Waals surface area contributed by atoms with E-state index in [1.54, 1.807) is 7.11 Å². The zero-order chi connectivity index (χ0) is 8.81. The number of hydrogen-bond donors (Lipinski definition) is 1. The maximum atomic E-state index is 5.06. The Kier molecular flexibility index (Phi) is 3.77. The van der Waals surface area contributed by atoms with Crippen molar-refractivity contribution >= 4 is 0 Å². The minimum absolute atomic E-state index is 0.116. The molecule has 12 heavy (non-hydrogen) atoms. The van der Waals surface area contributed by atoms with Gasteiger partial charge in [-0.25, -0.2) is 0 Å². The van der Waals surface area contributed by atoms with Gasteiger partial charge in [0, 0.05) is 13.7 Å². The van der Waals surface area contributed by atoms with Crippen LogP contribution in [0.15, 0.2) is 30.3 Å². The first-order valence-corrected chi connectivity index (χ1v) is 4.13. The Labute approximate surface area is 73.6 Å². The highest BCUT2D eigenvalue weighted by atomic mass is 16.5. The van der Waals surface area contributed by atoms with Gasteiger partial charge in [0.25, 0.3) is 0 Å². The van der Waals surface area contributed by atoms with Crippen molar-refractivity contribution < 1.29 is 4.74 Å². The quantitative estimate of drug-likeness (QED) is 0.686. The van der Waals surface area contributed by atoms with Gasteiger partial charge in [-0.15, -0.1) is 0 Å². The van der Waals surface area contributed by atoms with Gasteiger partial charge in [-0.1, -0.05) is 30.3 Å². The Hall–Kier alpha value is -0.860. The molecule has 0 fully saturated rings. The molecule has 1 rings (SSSR count). The summed E-state index contributed by atoms with van der Waals surface area (Å²) in [7, 11) is 1.70. The first-order valence-electron chi connectivity index (χ1n) is 4.13. The van der Waals surface area contributed by atoms with Crippen molar-refractivity contribution in [2.45, 2.75) is 19.7 Å². The molecule has 0 heterocycles. The van der Waals surface area contributed by atoms with Crippen LogP contribution in [-0.2, 0) is 11.3 Å². The molecule has 0 radical (unpaired) electrons. The smallest absolute Gasteiger partial charge is 0.105 e. The Morgan fingerprint density at radius 2 is 2.00 bits per heavy atom. The van der Waals surface area contributed by atoms with Crippen molar-refractivity contribution in [3.05, 3.63) is 35.9 Å². The fourth-order valence-corrected chi connectivity index (χ4v) is 0.941. The predicted octanol–water partition coefficient (Wildman–Crippen LogP) is 1.77. The highest BCUT2D eigenvalue weighted by molar-refractivity contribution is 5.14. The van der Waals surface area contributed by atoms with Gasteiger partial charge in [0.15, 0.2) is 0 Å². The second-order valence-corrected chi connectivity index (χ2v) is 2.74. The second kappa shape index (κ2) is 4.91. The second-order valence-electron chi connectivity index (χ2n) is 2.74. The number of ether oxygens (including phenoxy) is 1. The maximum absolute atomic E-state index is 5.06. The standard InChI is InChI=1S/C10H15NO/c1-9(12-2)11-8-10-6-4-3-5-7-10/h3-7,9,11H,8H2,1-2H3. The van der Waals surface area contributed by atoms with E-state index in [4.69, 9.17) is 4.74 Å². The van der Waals surface area contributed by atoms with Crippen LogP contribution in [0.3, 0.4) is 0 Å². The lowest BCUT2D eigenvalue weighted by Gasteiger charge is -2.11. The number of methoxy groups -OCH3 is 1. The summed E-state index contributed by atoms with van der Waals surface area (Å²) in [4.78, 5) is 0. The summed E-state index contributed by atoms with van der Waals surface area (Å²) in [6, 6.07) is 10.3. The summed E-state index contributed by atoms with van der Waals surface area (Å²) >= 11 is 0. The Balaban J connectivity index is 2.33. The molecule has 0 spiro atoms. The lowest BCUT2D eigenvalue weighted by atomic mass is 10.2. The van der Waals surface area contributed by atoms with Crippen LogP contribution >= 0.6 is 0 Å². The fraction of sp³-hybridized carbons (Fsp3) is 0.400. The molecule has 1 atom stereocenters. The van der Waals surface area contributed by atoms with Crippen molar-refractivity contribution in [1.29, 1.82) is 0 Å². The van der Waals surface area contributed by atoms with Gasteiger partial charge in [0.05, 0.1) is 0 Å². The molecule has 1 aromatic rings.